The Morgan fingerprint density at radius 1 is 1.17 bits per heavy atom. The summed E-state index contributed by atoms with van der Waals surface area (Å²) in [6, 6.07) is 11.4. The summed E-state index contributed by atoms with van der Waals surface area (Å²) in [5.74, 6) is 0. The molecule has 0 saturated carbocycles. The molecule has 1 saturated heterocycles. The van der Waals surface area contributed by atoms with Crippen LogP contribution in [0.3, 0.4) is 0 Å². The van der Waals surface area contributed by atoms with Crippen LogP contribution in [0, 0.1) is 0 Å². The third kappa shape index (κ3) is 3.98. The summed E-state index contributed by atoms with van der Waals surface area (Å²) in [6.07, 6.45) is 1.67. The van der Waals surface area contributed by atoms with Gasteiger partial charge in [0, 0.05) is 18.3 Å². The van der Waals surface area contributed by atoms with Gasteiger partial charge in [0.25, 0.3) is 0 Å². The van der Waals surface area contributed by atoms with Crippen LogP contribution in [-0.4, -0.2) is 29.1 Å². The Labute approximate surface area is 142 Å². The van der Waals surface area contributed by atoms with Gasteiger partial charge in [-0.2, -0.15) is 0 Å². The molecular formula is C18H24N2O2S. The monoisotopic (exact) mass is 332 g/mol. The van der Waals surface area contributed by atoms with E-state index in [4.69, 9.17) is 9.47 Å². The largest absolute Gasteiger partial charge is 0.345 e. The molecule has 1 fully saturated rings. The molecule has 1 aromatic carbocycles. The highest BCUT2D eigenvalue weighted by atomic mass is 32.1. The molecule has 0 aliphatic carbocycles. The number of thiazole rings is 1. The highest BCUT2D eigenvalue weighted by Crippen LogP contribution is 2.30. The Morgan fingerprint density at radius 3 is 2.52 bits per heavy atom. The third-order valence-corrected chi connectivity index (χ3v) is 5.19. The average Bonchev–Trinajstić information content (AvgIpc) is 3.23. The maximum absolute atomic E-state index is 5.56. The lowest BCUT2D eigenvalue weighted by atomic mass is 10.1. The molecule has 0 radical (unpaired) electrons. The molecule has 1 atom stereocenters. The number of hydrogen-bond donors (Lipinski definition) is 0. The summed E-state index contributed by atoms with van der Waals surface area (Å²) in [7, 11) is 0. The van der Waals surface area contributed by atoms with Gasteiger partial charge in [-0.25, -0.2) is 4.98 Å². The maximum atomic E-state index is 5.56. The van der Waals surface area contributed by atoms with Crippen molar-refractivity contribution in [2.45, 2.75) is 45.7 Å². The summed E-state index contributed by atoms with van der Waals surface area (Å²) in [5, 5.41) is 1.11. The first kappa shape index (κ1) is 16.6. The number of rotatable bonds is 6. The van der Waals surface area contributed by atoms with Gasteiger partial charge in [0.1, 0.15) is 5.01 Å². The Balaban J connectivity index is 1.72. The van der Waals surface area contributed by atoms with E-state index in [-0.39, 0.29) is 6.29 Å². The first-order valence-corrected chi connectivity index (χ1v) is 8.95. The summed E-state index contributed by atoms with van der Waals surface area (Å²) in [4.78, 5) is 8.11. The first-order chi connectivity index (χ1) is 11.1. The molecule has 5 heteroatoms. The molecule has 0 spiro atoms. The SMILES string of the molecule is CC(C)N(Cc1ncc(C2OCCO2)s1)C(C)c1ccccc1. The van der Waals surface area contributed by atoms with Crippen molar-refractivity contribution in [1.82, 2.24) is 9.88 Å². The number of aromatic nitrogens is 1. The van der Waals surface area contributed by atoms with E-state index in [1.807, 2.05) is 6.20 Å². The van der Waals surface area contributed by atoms with Crippen LogP contribution in [0.1, 0.15) is 48.6 Å². The van der Waals surface area contributed by atoms with E-state index in [0.29, 0.717) is 25.3 Å². The van der Waals surface area contributed by atoms with Gasteiger partial charge in [-0.05, 0) is 26.3 Å². The zero-order valence-electron chi connectivity index (χ0n) is 13.9. The molecule has 23 heavy (non-hydrogen) atoms. The van der Waals surface area contributed by atoms with E-state index in [1.165, 1.54) is 5.56 Å². The highest BCUT2D eigenvalue weighted by molar-refractivity contribution is 7.11. The fourth-order valence-electron chi connectivity index (χ4n) is 2.88. The fraction of sp³-hybridized carbons (Fsp3) is 0.500. The number of ether oxygens (including phenoxy) is 2. The van der Waals surface area contributed by atoms with Gasteiger partial charge in [-0.1, -0.05) is 30.3 Å². The second-order valence-electron chi connectivity index (χ2n) is 6.08. The minimum absolute atomic E-state index is 0.222. The molecule has 0 amide bonds. The molecule has 0 N–H and O–H groups in total. The van der Waals surface area contributed by atoms with Crippen LogP contribution in [0.5, 0.6) is 0 Å². The Morgan fingerprint density at radius 2 is 1.87 bits per heavy atom. The van der Waals surface area contributed by atoms with Gasteiger partial charge in [0.2, 0.25) is 0 Å². The van der Waals surface area contributed by atoms with Gasteiger partial charge in [0.15, 0.2) is 6.29 Å². The third-order valence-electron chi connectivity index (χ3n) is 4.19. The van der Waals surface area contributed by atoms with Crippen molar-refractivity contribution in [2.75, 3.05) is 13.2 Å². The van der Waals surface area contributed by atoms with E-state index in [0.717, 1.165) is 16.4 Å². The smallest absolute Gasteiger partial charge is 0.194 e. The molecule has 3 rings (SSSR count). The highest BCUT2D eigenvalue weighted by Gasteiger charge is 2.23. The van der Waals surface area contributed by atoms with E-state index < -0.39 is 0 Å². The maximum Gasteiger partial charge on any atom is 0.194 e. The second-order valence-corrected chi connectivity index (χ2v) is 7.23. The van der Waals surface area contributed by atoms with Crippen LogP contribution >= 0.6 is 11.3 Å². The van der Waals surface area contributed by atoms with Crippen molar-refractivity contribution in [3.8, 4) is 0 Å². The predicted octanol–water partition coefficient (Wildman–Crippen LogP) is 4.16. The lowest BCUT2D eigenvalue weighted by Gasteiger charge is -2.32. The van der Waals surface area contributed by atoms with Gasteiger partial charge < -0.3 is 9.47 Å². The predicted molar refractivity (Wildman–Crippen MR) is 92.3 cm³/mol. The van der Waals surface area contributed by atoms with Crippen molar-refractivity contribution in [1.29, 1.82) is 0 Å². The number of hydrogen-bond acceptors (Lipinski definition) is 5. The normalized spacial score (nSPS) is 17.3. The van der Waals surface area contributed by atoms with Crippen LogP contribution in [0.15, 0.2) is 36.5 Å². The second kappa shape index (κ2) is 7.53. The summed E-state index contributed by atoms with van der Waals surface area (Å²) in [5.41, 5.74) is 1.33. The summed E-state index contributed by atoms with van der Waals surface area (Å²) in [6.45, 7) is 8.90. The summed E-state index contributed by atoms with van der Waals surface area (Å²) < 4.78 is 11.1. The molecule has 1 aliphatic heterocycles. The Hall–Kier alpha value is -1.27. The standard InChI is InChI=1S/C18H24N2O2S/c1-13(2)20(14(3)15-7-5-4-6-8-15)12-17-19-11-16(23-17)18-21-9-10-22-18/h4-8,11,13-14,18H,9-10,12H2,1-3H3. The number of benzene rings is 1. The fourth-order valence-corrected chi connectivity index (χ4v) is 3.80. The molecule has 1 aromatic heterocycles. The molecule has 2 aromatic rings. The Kier molecular flexibility index (Phi) is 5.43. The molecule has 4 nitrogen and oxygen atoms in total. The van der Waals surface area contributed by atoms with Crippen molar-refractivity contribution in [3.63, 3.8) is 0 Å². The molecule has 1 aliphatic rings. The van der Waals surface area contributed by atoms with Gasteiger partial charge >= 0.3 is 0 Å². The molecule has 2 heterocycles. The zero-order valence-corrected chi connectivity index (χ0v) is 14.8. The summed E-state index contributed by atoms with van der Waals surface area (Å²) >= 11 is 1.69. The van der Waals surface area contributed by atoms with Gasteiger partial charge in [-0.15, -0.1) is 11.3 Å². The zero-order chi connectivity index (χ0) is 16.2. The van der Waals surface area contributed by atoms with Crippen LogP contribution in [0.2, 0.25) is 0 Å². The molecular weight excluding hydrogens is 308 g/mol. The quantitative estimate of drug-likeness (QED) is 0.795. The van der Waals surface area contributed by atoms with Crippen molar-refractivity contribution >= 4 is 11.3 Å². The minimum Gasteiger partial charge on any atom is -0.345 e. The van der Waals surface area contributed by atoms with Gasteiger partial charge in [0.05, 0.1) is 24.6 Å². The van der Waals surface area contributed by atoms with E-state index >= 15 is 0 Å². The van der Waals surface area contributed by atoms with E-state index in [1.54, 1.807) is 11.3 Å². The van der Waals surface area contributed by atoms with E-state index in [9.17, 15) is 0 Å². The van der Waals surface area contributed by atoms with Crippen molar-refractivity contribution < 1.29 is 9.47 Å². The van der Waals surface area contributed by atoms with E-state index in [2.05, 4.69) is 61.0 Å². The lowest BCUT2D eigenvalue weighted by Crippen LogP contribution is -2.33. The average molecular weight is 332 g/mol. The van der Waals surface area contributed by atoms with Crippen molar-refractivity contribution in [2.24, 2.45) is 0 Å². The van der Waals surface area contributed by atoms with Crippen LogP contribution in [0.4, 0.5) is 0 Å². The van der Waals surface area contributed by atoms with Crippen LogP contribution < -0.4 is 0 Å². The molecule has 0 bridgehead atoms. The van der Waals surface area contributed by atoms with Crippen LogP contribution in [0.25, 0.3) is 0 Å². The topological polar surface area (TPSA) is 34.6 Å². The Bertz CT molecular complexity index is 608. The first-order valence-electron chi connectivity index (χ1n) is 8.13. The minimum atomic E-state index is -0.222. The molecule has 1 unspecified atom stereocenters. The van der Waals surface area contributed by atoms with Crippen LogP contribution in [-0.2, 0) is 16.0 Å². The number of nitrogens with zero attached hydrogens (tertiary/aromatic N) is 2. The van der Waals surface area contributed by atoms with Gasteiger partial charge in [-0.3, -0.25) is 4.90 Å². The van der Waals surface area contributed by atoms with Crippen molar-refractivity contribution in [3.05, 3.63) is 52.0 Å². The lowest BCUT2D eigenvalue weighted by molar-refractivity contribution is -0.0414. The molecule has 124 valence electrons.